The molecule has 0 aromatic carbocycles. The topological polar surface area (TPSA) is 90.5 Å². The van der Waals surface area contributed by atoms with Crippen LogP contribution in [-0.2, 0) is 30.0 Å². The molecule has 0 aromatic heterocycles. The third kappa shape index (κ3) is 5.71. The van der Waals surface area contributed by atoms with E-state index < -0.39 is 12.0 Å². The molecule has 0 aliphatic rings. The van der Waals surface area contributed by atoms with Crippen molar-refractivity contribution in [3.8, 4) is 0 Å². The van der Waals surface area contributed by atoms with Crippen molar-refractivity contribution in [3.05, 3.63) is 0 Å². The molecule has 0 spiro atoms. The zero-order valence-corrected chi connectivity index (χ0v) is 10.0. The molecule has 0 rings (SSSR count). The summed E-state index contributed by atoms with van der Waals surface area (Å²) in [6, 6.07) is -0.376. The zero-order chi connectivity index (χ0) is 9.56. The Morgan fingerprint density at radius 1 is 1.54 bits per heavy atom. The molecule has 2 unspecified atom stereocenters. The van der Waals surface area contributed by atoms with Gasteiger partial charge in [-0.25, -0.2) is 0 Å². The number of rotatable bonds is 5. The van der Waals surface area contributed by atoms with E-state index >= 15 is 0 Å². The molecular weight excluding hydrogens is 348 g/mol. The Bertz CT molecular complexity index is 167. The van der Waals surface area contributed by atoms with E-state index in [1.807, 2.05) is 10.9 Å². The van der Waals surface area contributed by atoms with E-state index in [0.29, 0.717) is 0 Å². The van der Waals surface area contributed by atoms with Gasteiger partial charge < -0.3 is 20.6 Å². The summed E-state index contributed by atoms with van der Waals surface area (Å²) < 4.78 is 0. The molecule has 0 fully saturated rings. The summed E-state index contributed by atoms with van der Waals surface area (Å²) in [5.41, 5.74) is 3.76. The summed E-state index contributed by atoms with van der Waals surface area (Å²) in [5, 5.41) is 11.9. The number of amides is 2. The standard InChI is InChI=1S/C6H12N3O3.Re/c1-4(7-2)5(11)6(12)9-8-3-10;/h4-5,7,11H,1-2H3,(H,8,10)(H,9,12);/q-1;. The minimum absolute atomic E-state index is 0. The quantitative estimate of drug-likeness (QED) is 0.251. The molecule has 2 atom stereocenters. The predicted molar refractivity (Wildman–Crippen MR) is 41.5 cm³/mol. The first-order valence-electron chi connectivity index (χ1n) is 3.40. The molecule has 0 heterocycles. The molecule has 0 aromatic rings. The van der Waals surface area contributed by atoms with Crippen LogP contribution < -0.4 is 16.2 Å². The normalized spacial score (nSPS) is 13.5. The van der Waals surface area contributed by atoms with E-state index in [-0.39, 0.29) is 26.5 Å². The molecule has 2 amide bonds. The first-order chi connectivity index (χ1) is 5.63. The molecule has 1 radical (unpaired) electrons. The van der Waals surface area contributed by atoms with Gasteiger partial charge in [0, 0.05) is 26.5 Å². The smallest absolute Gasteiger partial charge is 0.266 e. The summed E-state index contributed by atoms with van der Waals surface area (Å²) in [5.74, 6) is -0.680. The molecule has 6 nitrogen and oxygen atoms in total. The molecule has 77 valence electrons. The Hall–Kier alpha value is -0.478. The van der Waals surface area contributed by atoms with Gasteiger partial charge >= 0.3 is 0 Å². The summed E-state index contributed by atoms with van der Waals surface area (Å²) in [6.45, 7) is 1.63. The molecule has 0 saturated carbocycles. The SMILES string of the molecule is CNC(C)C(O)C(=O)NN[C-]=O.[Re]. The van der Waals surface area contributed by atoms with Crippen molar-refractivity contribution in [1.82, 2.24) is 16.2 Å². The van der Waals surface area contributed by atoms with Crippen LogP contribution in [0, 0.1) is 0 Å². The first kappa shape index (κ1) is 15.0. The van der Waals surface area contributed by atoms with Crippen LogP contribution in [0.4, 0.5) is 0 Å². The molecule has 4 N–H and O–H groups in total. The van der Waals surface area contributed by atoms with Crippen LogP contribution >= 0.6 is 0 Å². The summed E-state index contributed by atoms with van der Waals surface area (Å²) in [4.78, 5) is 20.5. The Kier molecular flexibility index (Phi) is 9.40. The molecular formula is C6H12N3O3Re-. The van der Waals surface area contributed by atoms with Gasteiger partial charge in [-0.1, -0.05) is 0 Å². The number of aliphatic hydroxyl groups excluding tert-OH is 1. The second kappa shape index (κ2) is 8.14. The van der Waals surface area contributed by atoms with Gasteiger partial charge in [0.25, 0.3) is 5.91 Å². The Morgan fingerprint density at radius 2 is 2.08 bits per heavy atom. The zero-order valence-electron chi connectivity index (χ0n) is 7.30. The van der Waals surface area contributed by atoms with Crippen LogP contribution in [0.1, 0.15) is 6.92 Å². The number of carbonyl (C=O) groups excluding carboxylic acids is 2. The molecule has 13 heavy (non-hydrogen) atoms. The molecule has 0 bridgehead atoms. The summed E-state index contributed by atoms with van der Waals surface area (Å²) in [7, 11) is 1.61. The predicted octanol–water partition coefficient (Wildman–Crippen LogP) is -2.36. The summed E-state index contributed by atoms with van der Waals surface area (Å²) in [6.07, 6.45) is 0.0487. The average molecular weight is 360 g/mol. The van der Waals surface area contributed by atoms with Crippen molar-refractivity contribution in [2.24, 2.45) is 0 Å². The third-order valence-corrected chi connectivity index (χ3v) is 1.43. The van der Waals surface area contributed by atoms with Crippen LogP contribution in [0.15, 0.2) is 0 Å². The van der Waals surface area contributed by atoms with E-state index in [1.54, 1.807) is 14.0 Å². The van der Waals surface area contributed by atoms with Crippen molar-refractivity contribution in [1.29, 1.82) is 0 Å². The first-order valence-corrected chi connectivity index (χ1v) is 3.40. The number of aliphatic hydroxyl groups is 1. The Balaban J connectivity index is 0. The van der Waals surface area contributed by atoms with Crippen molar-refractivity contribution < 1.29 is 35.1 Å². The molecule has 0 aliphatic carbocycles. The van der Waals surface area contributed by atoms with Crippen LogP contribution in [0.2, 0.25) is 0 Å². The van der Waals surface area contributed by atoms with Crippen molar-refractivity contribution >= 4 is 12.3 Å². The van der Waals surface area contributed by atoms with Crippen LogP contribution in [-0.4, -0.2) is 36.6 Å². The van der Waals surface area contributed by atoms with E-state index in [2.05, 4.69) is 5.32 Å². The number of nitrogens with one attached hydrogen (secondary N) is 3. The van der Waals surface area contributed by atoms with Crippen LogP contribution in [0.5, 0.6) is 0 Å². The number of hydrazine groups is 1. The van der Waals surface area contributed by atoms with Gasteiger partial charge in [0.1, 0.15) is 6.10 Å². The number of hydrogen-bond donors (Lipinski definition) is 4. The monoisotopic (exact) mass is 361 g/mol. The maximum absolute atomic E-state index is 10.9. The summed E-state index contributed by atoms with van der Waals surface area (Å²) >= 11 is 0. The molecule has 7 heteroatoms. The second-order valence-corrected chi connectivity index (χ2v) is 2.24. The van der Waals surface area contributed by atoms with E-state index in [4.69, 9.17) is 5.11 Å². The van der Waals surface area contributed by atoms with E-state index in [1.165, 1.54) is 6.41 Å². The van der Waals surface area contributed by atoms with Crippen molar-refractivity contribution in [3.63, 3.8) is 0 Å². The second-order valence-electron chi connectivity index (χ2n) is 2.24. The van der Waals surface area contributed by atoms with Gasteiger partial charge in [-0.2, -0.15) is 0 Å². The minimum atomic E-state index is -1.20. The van der Waals surface area contributed by atoms with Crippen LogP contribution in [0.3, 0.4) is 0 Å². The maximum atomic E-state index is 10.9. The maximum Gasteiger partial charge on any atom is 0.266 e. The number of hydrogen-bond acceptors (Lipinski definition) is 4. The van der Waals surface area contributed by atoms with Gasteiger partial charge in [-0.15, -0.1) is 6.41 Å². The molecule has 0 saturated heterocycles. The Morgan fingerprint density at radius 3 is 2.46 bits per heavy atom. The van der Waals surface area contributed by atoms with E-state index in [9.17, 15) is 9.59 Å². The van der Waals surface area contributed by atoms with Crippen molar-refractivity contribution in [2.75, 3.05) is 7.05 Å². The fourth-order valence-electron chi connectivity index (χ4n) is 0.546. The number of carbonyl (C=O) groups is 1. The third-order valence-electron chi connectivity index (χ3n) is 1.43. The Labute approximate surface area is 90.1 Å². The van der Waals surface area contributed by atoms with Crippen molar-refractivity contribution in [2.45, 2.75) is 19.1 Å². The number of likely N-dealkylation sites (N-methyl/N-ethyl adjacent to an activating group) is 1. The van der Waals surface area contributed by atoms with Gasteiger partial charge in [0.2, 0.25) is 0 Å². The fourth-order valence-corrected chi connectivity index (χ4v) is 0.546. The van der Waals surface area contributed by atoms with Gasteiger partial charge in [0.05, 0.1) is 0 Å². The fraction of sp³-hybridized carbons (Fsp3) is 0.667. The minimum Gasteiger partial charge on any atom is -0.518 e. The average Bonchev–Trinajstić information content (AvgIpc) is 2.11. The van der Waals surface area contributed by atoms with Gasteiger partial charge in [-0.05, 0) is 14.0 Å². The van der Waals surface area contributed by atoms with Crippen LogP contribution in [0.25, 0.3) is 0 Å². The van der Waals surface area contributed by atoms with Gasteiger partial charge in [0.15, 0.2) is 0 Å². The van der Waals surface area contributed by atoms with E-state index in [0.717, 1.165) is 0 Å². The largest absolute Gasteiger partial charge is 0.518 e. The van der Waals surface area contributed by atoms with Gasteiger partial charge in [-0.3, -0.25) is 10.2 Å². The molecule has 0 aliphatic heterocycles.